The molecule has 0 aromatic carbocycles. The molecule has 1 aliphatic rings. The van der Waals surface area contributed by atoms with Crippen molar-refractivity contribution in [2.45, 2.75) is 44.6 Å². The smallest absolute Gasteiger partial charge is 0.229 e. The van der Waals surface area contributed by atoms with Crippen LogP contribution in [0.5, 0.6) is 0 Å². The van der Waals surface area contributed by atoms with Gasteiger partial charge in [-0.25, -0.2) is 0 Å². The molecule has 0 radical (unpaired) electrons. The van der Waals surface area contributed by atoms with E-state index in [-0.39, 0.29) is 5.92 Å². The van der Waals surface area contributed by atoms with E-state index >= 15 is 0 Å². The monoisotopic (exact) mass is 214 g/mol. The summed E-state index contributed by atoms with van der Waals surface area (Å²) in [5.74, 6) is -1.81. The number of hydrogen-bond donors (Lipinski definition) is 2. The first kappa shape index (κ1) is 12.3. The average molecular weight is 214 g/mol. The number of Topliss-reactive ketones (excluding diaryl/α,β-unsaturated/α-hetero) is 2. The van der Waals surface area contributed by atoms with Gasteiger partial charge in [0.1, 0.15) is 12.7 Å². The number of aliphatic hydroxyl groups is 2. The molecule has 15 heavy (non-hydrogen) atoms. The van der Waals surface area contributed by atoms with Gasteiger partial charge in [-0.15, -0.1) is 0 Å². The minimum absolute atomic E-state index is 0.101. The number of hydrogen-bond acceptors (Lipinski definition) is 4. The summed E-state index contributed by atoms with van der Waals surface area (Å²) in [7, 11) is 0. The van der Waals surface area contributed by atoms with Crippen LogP contribution in [0.15, 0.2) is 0 Å². The Morgan fingerprint density at radius 2 is 1.67 bits per heavy atom. The van der Waals surface area contributed by atoms with Gasteiger partial charge in [-0.05, 0) is 18.8 Å². The van der Waals surface area contributed by atoms with Crippen molar-refractivity contribution in [2.75, 3.05) is 6.61 Å². The Morgan fingerprint density at radius 1 is 1.13 bits per heavy atom. The molecule has 1 atom stereocenters. The first-order chi connectivity index (χ1) is 7.16. The molecule has 4 nitrogen and oxygen atoms in total. The van der Waals surface area contributed by atoms with Crippen LogP contribution in [-0.4, -0.2) is 34.5 Å². The van der Waals surface area contributed by atoms with E-state index in [1.807, 2.05) is 0 Å². The molecule has 1 saturated carbocycles. The maximum absolute atomic E-state index is 11.3. The second-order valence-electron chi connectivity index (χ2n) is 4.14. The predicted molar refractivity (Wildman–Crippen MR) is 54.3 cm³/mol. The third kappa shape index (κ3) is 3.39. The molecule has 0 heterocycles. The standard InChI is InChI=1S/C11H18O4/c12-7-9(13)11(15)10(14)8-5-3-1-2-4-6-8/h8,10,12,14H,1-7H2. The van der Waals surface area contributed by atoms with Gasteiger partial charge in [0.15, 0.2) is 0 Å². The summed E-state index contributed by atoms with van der Waals surface area (Å²) >= 11 is 0. The predicted octanol–water partition coefficient (Wildman–Crippen LogP) is 0.448. The topological polar surface area (TPSA) is 74.6 Å². The van der Waals surface area contributed by atoms with Crippen molar-refractivity contribution in [2.24, 2.45) is 5.92 Å². The molecule has 0 bridgehead atoms. The number of carbonyl (C=O) groups is 2. The normalized spacial score (nSPS) is 20.7. The first-order valence-corrected chi connectivity index (χ1v) is 5.52. The summed E-state index contributed by atoms with van der Waals surface area (Å²) in [6.45, 7) is -0.803. The number of rotatable bonds is 4. The van der Waals surface area contributed by atoms with Crippen molar-refractivity contribution >= 4 is 11.6 Å². The Kier molecular flexibility index (Phi) is 4.91. The Hall–Kier alpha value is -0.740. The minimum Gasteiger partial charge on any atom is -0.388 e. The van der Waals surface area contributed by atoms with E-state index in [9.17, 15) is 14.7 Å². The lowest BCUT2D eigenvalue weighted by Crippen LogP contribution is -2.36. The van der Waals surface area contributed by atoms with Crippen LogP contribution in [0.3, 0.4) is 0 Å². The molecule has 1 fully saturated rings. The van der Waals surface area contributed by atoms with Crippen LogP contribution in [0.4, 0.5) is 0 Å². The fraction of sp³-hybridized carbons (Fsp3) is 0.818. The van der Waals surface area contributed by atoms with Gasteiger partial charge in [0.25, 0.3) is 0 Å². The summed E-state index contributed by atoms with van der Waals surface area (Å²) in [6, 6.07) is 0. The molecule has 0 aromatic heterocycles. The molecule has 4 heteroatoms. The van der Waals surface area contributed by atoms with Gasteiger partial charge >= 0.3 is 0 Å². The highest BCUT2D eigenvalue weighted by atomic mass is 16.3. The van der Waals surface area contributed by atoms with Crippen molar-refractivity contribution in [3.05, 3.63) is 0 Å². The van der Waals surface area contributed by atoms with E-state index in [2.05, 4.69) is 0 Å². The van der Waals surface area contributed by atoms with Gasteiger partial charge in [0, 0.05) is 0 Å². The average Bonchev–Trinajstić information content (AvgIpc) is 2.54. The van der Waals surface area contributed by atoms with Crippen LogP contribution in [0.2, 0.25) is 0 Å². The van der Waals surface area contributed by atoms with E-state index < -0.39 is 24.3 Å². The maximum Gasteiger partial charge on any atom is 0.229 e. The second-order valence-corrected chi connectivity index (χ2v) is 4.14. The van der Waals surface area contributed by atoms with Crippen LogP contribution in [-0.2, 0) is 9.59 Å². The summed E-state index contributed by atoms with van der Waals surface area (Å²) in [5, 5.41) is 18.2. The maximum atomic E-state index is 11.3. The summed E-state index contributed by atoms with van der Waals surface area (Å²) in [5.41, 5.74) is 0. The lowest BCUT2D eigenvalue weighted by atomic mass is 9.90. The number of carbonyl (C=O) groups excluding carboxylic acids is 2. The molecule has 2 N–H and O–H groups in total. The quantitative estimate of drug-likeness (QED) is 0.526. The Balaban J connectivity index is 2.53. The molecule has 1 rings (SSSR count). The Labute approximate surface area is 89.3 Å². The van der Waals surface area contributed by atoms with Crippen LogP contribution in [0.1, 0.15) is 38.5 Å². The summed E-state index contributed by atoms with van der Waals surface area (Å²) in [4.78, 5) is 22.2. The highest BCUT2D eigenvalue weighted by Gasteiger charge is 2.30. The summed E-state index contributed by atoms with van der Waals surface area (Å²) in [6.07, 6.45) is 4.65. The molecule has 86 valence electrons. The van der Waals surface area contributed by atoms with Gasteiger partial charge in [-0.2, -0.15) is 0 Å². The SMILES string of the molecule is O=C(CO)C(=O)C(O)C1CCCCCC1. The van der Waals surface area contributed by atoms with E-state index in [1.54, 1.807) is 0 Å². The lowest BCUT2D eigenvalue weighted by molar-refractivity contribution is -0.144. The van der Waals surface area contributed by atoms with Crippen LogP contribution in [0, 0.1) is 5.92 Å². The van der Waals surface area contributed by atoms with Gasteiger partial charge in [0.05, 0.1) is 0 Å². The molecular weight excluding hydrogens is 196 g/mol. The van der Waals surface area contributed by atoms with Crippen LogP contribution < -0.4 is 0 Å². The highest BCUT2D eigenvalue weighted by molar-refractivity contribution is 6.39. The van der Waals surface area contributed by atoms with Crippen molar-refractivity contribution in [1.82, 2.24) is 0 Å². The van der Waals surface area contributed by atoms with Gasteiger partial charge < -0.3 is 10.2 Å². The molecular formula is C11H18O4. The molecule has 1 unspecified atom stereocenters. The zero-order chi connectivity index (χ0) is 11.3. The Bertz CT molecular complexity index is 229. The molecule has 0 aliphatic heterocycles. The molecule has 0 amide bonds. The Morgan fingerprint density at radius 3 is 2.13 bits per heavy atom. The zero-order valence-corrected chi connectivity index (χ0v) is 8.82. The first-order valence-electron chi connectivity index (χ1n) is 5.52. The third-order valence-electron chi connectivity index (χ3n) is 3.03. The van der Waals surface area contributed by atoms with Crippen molar-refractivity contribution in [1.29, 1.82) is 0 Å². The summed E-state index contributed by atoms with van der Waals surface area (Å²) < 4.78 is 0. The van der Waals surface area contributed by atoms with Crippen LogP contribution >= 0.6 is 0 Å². The largest absolute Gasteiger partial charge is 0.388 e. The van der Waals surface area contributed by atoms with Gasteiger partial charge in [-0.3, -0.25) is 9.59 Å². The highest BCUT2D eigenvalue weighted by Crippen LogP contribution is 2.25. The fourth-order valence-corrected chi connectivity index (χ4v) is 2.08. The lowest BCUT2D eigenvalue weighted by Gasteiger charge is -2.18. The van der Waals surface area contributed by atoms with E-state index in [0.717, 1.165) is 38.5 Å². The number of aliphatic hydroxyl groups excluding tert-OH is 2. The van der Waals surface area contributed by atoms with E-state index in [0.29, 0.717) is 0 Å². The van der Waals surface area contributed by atoms with Crippen molar-refractivity contribution in [3.8, 4) is 0 Å². The van der Waals surface area contributed by atoms with Crippen molar-refractivity contribution in [3.63, 3.8) is 0 Å². The third-order valence-corrected chi connectivity index (χ3v) is 3.03. The molecule has 1 aliphatic carbocycles. The van der Waals surface area contributed by atoms with Gasteiger partial charge in [0.2, 0.25) is 11.6 Å². The van der Waals surface area contributed by atoms with Crippen molar-refractivity contribution < 1.29 is 19.8 Å². The molecule has 0 spiro atoms. The minimum atomic E-state index is -1.21. The second kappa shape index (κ2) is 5.98. The van der Waals surface area contributed by atoms with Gasteiger partial charge in [-0.1, -0.05) is 25.7 Å². The molecule has 0 saturated heterocycles. The fourth-order valence-electron chi connectivity index (χ4n) is 2.08. The zero-order valence-electron chi connectivity index (χ0n) is 8.82. The number of ketones is 2. The van der Waals surface area contributed by atoms with Crippen LogP contribution in [0.25, 0.3) is 0 Å². The van der Waals surface area contributed by atoms with E-state index in [4.69, 9.17) is 5.11 Å². The van der Waals surface area contributed by atoms with E-state index in [1.165, 1.54) is 0 Å². The molecule has 0 aromatic rings.